The first-order chi connectivity index (χ1) is 10.9. The predicted molar refractivity (Wildman–Crippen MR) is 88.3 cm³/mol. The van der Waals surface area contributed by atoms with Gasteiger partial charge in [-0.1, -0.05) is 6.92 Å². The van der Waals surface area contributed by atoms with E-state index in [0.29, 0.717) is 6.04 Å². The molecule has 6 nitrogen and oxygen atoms in total. The van der Waals surface area contributed by atoms with Gasteiger partial charge in [0.2, 0.25) is 5.91 Å². The largest absolute Gasteiger partial charge is 0.373 e. The fraction of sp³-hybridized carbons (Fsp3) is 0.765. The van der Waals surface area contributed by atoms with E-state index in [1.54, 1.807) is 0 Å². The molecule has 0 saturated carbocycles. The van der Waals surface area contributed by atoms with E-state index < -0.39 is 0 Å². The number of aromatic nitrogens is 2. The van der Waals surface area contributed by atoms with Gasteiger partial charge in [-0.3, -0.25) is 14.4 Å². The molecule has 128 valence electrons. The second-order valence-corrected chi connectivity index (χ2v) is 7.08. The van der Waals surface area contributed by atoms with Crippen LogP contribution in [0.4, 0.5) is 0 Å². The molecule has 0 bridgehead atoms. The first-order valence-corrected chi connectivity index (χ1v) is 8.48. The van der Waals surface area contributed by atoms with Gasteiger partial charge in [-0.25, -0.2) is 0 Å². The Bertz CT molecular complexity index is 598. The van der Waals surface area contributed by atoms with Crippen molar-refractivity contribution < 1.29 is 9.53 Å². The molecule has 0 unspecified atom stereocenters. The van der Waals surface area contributed by atoms with Crippen LogP contribution < -0.4 is 0 Å². The van der Waals surface area contributed by atoms with Gasteiger partial charge in [0.15, 0.2) is 0 Å². The van der Waals surface area contributed by atoms with E-state index in [2.05, 4.69) is 24.0 Å². The summed E-state index contributed by atoms with van der Waals surface area (Å²) in [7, 11) is 4.08. The topological polar surface area (TPSA) is 50.6 Å². The van der Waals surface area contributed by atoms with Crippen LogP contribution in [-0.2, 0) is 23.0 Å². The summed E-state index contributed by atoms with van der Waals surface area (Å²) in [6.07, 6.45) is 0.930. The molecule has 2 aliphatic rings. The maximum Gasteiger partial charge on any atom is 0.225 e. The first kappa shape index (κ1) is 16.5. The lowest BCUT2D eigenvalue weighted by Gasteiger charge is -2.33. The van der Waals surface area contributed by atoms with E-state index in [0.717, 1.165) is 44.0 Å². The average Bonchev–Trinajstić information content (AvgIpc) is 3.04. The van der Waals surface area contributed by atoms with Crippen molar-refractivity contribution in [1.29, 1.82) is 0 Å². The lowest BCUT2D eigenvalue weighted by Crippen LogP contribution is -2.48. The lowest BCUT2D eigenvalue weighted by molar-refractivity contribution is -0.134. The number of fused-ring (bicyclic) bond motifs is 1. The number of likely N-dealkylation sites (N-methyl/N-ethyl adjacent to an activating group) is 1. The third-order valence-corrected chi connectivity index (χ3v) is 5.48. The van der Waals surface area contributed by atoms with Gasteiger partial charge < -0.3 is 9.64 Å². The molecular weight excluding hydrogens is 292 g/mol. The highest BCUT2D eigenvalue weighted by Crippen LogP contribution is 2.25. The van der Waals surface area contributed by atoms with E-state index in [1.807, 2.05) is 30.5 Å². The normalized spacial score (nSPS) is 26.4. The zero-order valence-corrected chi connectivity index (χ0v) is 14.9. The lowest BCUT2D eigenvalue weighted by atomic mass is 9.98. The van der Waals surface area contributed by atoms with E-state index in [9.17, 15) is 4.79 Å². The van der Waals surface area contributed by atoms with Crippen molar-refractivity contribution in [2.24, 2.45) is 13.0 Å². The molecule has 0 aromatic carbocycles. The average molecular weight is 320 g/mol. The smallest absolute Gasteiger partial charge is 0.225 e. The Morgan fingerprint density at radius 3 is 2.70 bits per heavy atom. The van der Waals surface area contributed by atoms with Crippen molar-refractivity contribution in [2.75, 3.05) is 33.3 Å². The number of hydrogen-bond donors (Lipinski definition) is 0. The summed E-state index contributed by atoms with van der Waals surface area (Å²) >= 11 is 0. The van der Waals surface area contributed by atoms with Gasteiger partial charge >= 0.3 is 0 Å². The highest BCUT2D eigenvalue weighted by atomic mass is 16.5. The number of likely N-dealkylation sites (tertiary alicyclic amines) is 1. The third-order valence-electron chi connectivity index (χ3n) is 5.48. The second-order valence-electron chi connectivity index (χ2n) is 7.08. The highest BCUT2D eigenvalue weighted by molar-refractivity contribution is 5.79. The first-order valence-electron chi connectivity index (χ1n) is 8.48. The number of carbonyl (C=O) groups is 1. The number of nitrogens with zero attached hydrogens (tertiary/aromatic N) is 4. The molecule has 3 rings (SSSR count). The van der Waals surface area contributed by atoms with Crippen LogP contribution in [0.2, 0.25) is 0 Å². The molecular formula is C17H28N4O2. The predicted octanol–water partition coefficient (Wildman–Crippen LogP) is 0.757. The molecule has 1 aromatic heterocycles. The molecule has 0 radical (unpaired) electrons. The summed E-state index contributed by atoms with van der Waals surface area (Å²) in [5.41, 5.74) is 3.39. The van der Waals surface area contributed by atoms with Crippen LogP contribution in [0.25, 0.3) is 0 Å². The summed E-state index contributed by atoms with van der Waals surface area (Å²) in [5.74, 6) is 0.209. The number of hydrogen-bond acceptors (Lipinski definition) is 4. The summed E-state index contributed by atoms with van der Waals surface area (Å²) in [5, 5.41) is 4.45. The van der Waals surface area contributed by atoms with E-state index >= 15 is 0 Å². The molecule has 3 heterocycles. The molecule has 6 heteroatoms. The van der Waals surface area contributed by atoms with Gasteiger partial charge in [-0.15, -0.1) is 0 Å². The summed E-state index contributed by atoms with van der Waals surface area (Å²) < 4.78 is 7.74. The van der Waals surface area contributed by atoms with Crippen LogP contribution in [-0.4, -0.2) is 70.9 Å². The van der Waals surface area contributed by atoms with E-state index in [4.69, 9.17) is 4.74 Å². The minimum atomic E-state index is -0.0259. The Hall–Kier alpha value is -1.40. The highest BCUT2D eigenvalue weighted by Gasteiger charge is 2.41. The maximum atomic E-state index is 12.9. The van der Waals surface area contributed by atoms with E-state index in [1.165, 1.54) is 5.56 Å². The SMILES string of the molecule is Cc1nn(C)c(C)c1C[C@H](C)C(=O)N1C[C@H]2OCCN(C)[C@H]2C1. The fourth-order valence-electron chi connectivity index (χ4n) is 3.86. The van der Waals surface area contributed by atoms with Crippen molar-refractivity contribution in [3.63, 3.8) is 0 Å². The van der Waals surface area contributed by atoms with Crippen LogP contribution in [0.15, 0.2) is 0 Å². The van der Waals surface area contributed by atoms with Gasteiger partial charge in [0.05, 0.1) is 24.4 Å². The van der Waals surface area contributed by atoms with Crippen LogP contribution in [0.5, 0.6) is 0 Å². The van der Waals surface area contributed by atoms with Crippen molar-refractivity contribution in [1.82, 2.24) is 19.6 Å². The molecule has 23 heavy (non-hydrogen) atoms. The molecule has 3 atom stereocenters. The molecule has 1 amide bonds. The van der Waals surface area contributed by atoms with Crippen LogP contribution in [0, 0.1) is 19.8 Å². The van der Waals surface area contributed by atoms with Crippen molar-refractivity contribution in [3.05, 3.63) is 17.0 Å². The maximum absolute atomic E-state index is 12.9. The third kappa shape index (κ3) is 3.02. The molecule has 2 aliphatic heterocycles. The molecule has 0 N–H and O–H groups in total. The quantitative estimate of drug-likeness (QED) is 0.825. The zero-order valence-electron chi connectivity index (χ0n) is 14.9. The van der Waals surface area contributed by atoms with Gasteiger partial charge in [0.1, 0.15) is 0 Å². The Balaban J connectivity index is 1.66. The number of amides is 1. The zero-order chi connectivity index (χ0) is 16.7. The van der Waals surface area contributed by atoms with Crippen molar-refractivity contribution >= 4 is 5.91 Å². The van der Waals surface area contributed by atoms with Gasteiger partial charge in [0, 0.05) is 38.3 Å². The van der Waals surface area contributed by atoms with Crippen LogP contribution >= 0.6 is 0 Å². The number of aryl methyl sites for hydroxylation is 2. The Kier molecular flexibility index (Phi) is 4.47. The summed E-state index contributed by atoms with van der Waals surface area (Å²) in [6, 6.07) is 0.349. The van der Waals surface area contributed by atoms with Gasteiger partial charge in [0.25, 0.3) is 0 Å². The number of morpholine rings is 1. The molecule has 2 fully saturated rings. The monoisotopic (exact) mass is 320 g/mol. The summed E-state index contributed by atoms with van der Waals surface area (Å²) in [6.45, 7) is 9.35. The Morgan fingerprint density at radius 2 is 2.09 bits per heavy atom. The minimum absolute atomic E-state index is 0.0259. The van der Waals surface area contributed by atoms with Crippen LogP contribution in [0.3, 0.4) is 0 Å². The van der Waals surface area contributed by atoms with Crippen LogP contribution in [0.1, 0.15) is 23.9 Å². The van der Waals surface area contributed by atoms with Crippen molar-refractivity contribution in [2.45, 2.75) is 39.3 Å². The number of rotatable bonds is 3. The van der Waals surface area contributed by atoms with E-state index in [-0.39, 0.29) is 17.9 Å². The summed E-state index contributed by atoms with van der Waals surface area (Å²) in [4.78, 5) is 17.2. The molecule has 2 saturated heterocycles. The van der Waals surface area contributed by atoms with Gasteiger partial charge in [-0.2, -0.15) is 5.10 Å². The molecule has 1 aromatic rings. The second kappa shape index (κ2) is 6.24. The standard InChI is InChI=1S/C17H28N4O2/c1-11(8-14-12(2)18-20(5)13(14)3)17(22)21-9-15-16(10-21)23-7-6-19(15)4/h11,15-16H,6-10H2,1-5H3/t11-,15-,16+/m0/s1. The van der Waals surface area contributed by atoms with Gasteiger partial charge in [-0.05, 0) is 32.9 Å². The minimum Gasteiger partial charge on any atom is -0.373 e. The fourth-order valence-corrected chi connectivity index (χ4v) is 3.86. The Labute approximate surface area is 138 Å². The Morgan fingerprint density at radius 1 is 1.35 bits per heavy atom. The number of ether oxygens (including phenoxy) is 1. The van der Waals surface area contributed by atoms with Crippen molar-refractivity contribution in [3.8, 4) is 0 Å². The number of carbonyl (C=O) groups excluding carboxylic acids is 1. The molecule has 0 aliphatic carbocycles. The molecule has 0 spiro atoms.